The summed E-state index contributed by atoms with van der Waals surface area (Å²) in [5, 5.41) is 10.6. The van der Waals surface area contributed by atoms with Gasteiger partial charge in [-0.05, 0) is 48.7 Å². The van der Waals surface area contributed by atoms with Crippen molar-refractivity contribution in [1.29, 1.82) is 0 Å². The van der Waals surface area contributed by atoms with E-state index in [4.69, 9.17) is 28.3 Å². The van der Waals surface area contributed by atoms with E-state index in [1.165, 1.54) is 25.0 Å². The van der Waals surface area contributed by atoms with E-state index in [1.807, 2.05) is 6.92 Å². The minimum absolute atomic E-state index is 0.140. The molecule has 1 aliphatic heterocycles. The molecule has 1 N–H and O–H groups in total. The van der Waals surface area contributed by atoms with E-state index in [1.54, 1.807) is 35.3 Å². The Morgan fingerprint density at radius 2 is 1.74 bits per heavy atom. The SMILES string of the molecule is C[C@H]1C(C(=O)NC2CCCCCC2)=NN(c2ccc(Cl)cc2Cl)C1c1ccc(F)cc1. The summed E-state index contributed by atoms with van der Waals surface area (Å²) in [6.45, 7) is 1.98. The molecule has 0 spiro atoms. The molecule has 0 radical (unpaired) electrons. The summed E-state index contributed by atoms with van der Waals surface area (Å²) in [6.07, 6.45) is 6.72. The second-order valence-corrected chi connectivity index (χ2v) is 9.22. The Morgan fingerprint density at radius 3 is 2.39 bits per heavy atom. The lowest BCUT2D eigenvalue weighted by atomic mass is 9.90. The van der Waals surface area contributed by atoms with Crippen LogP contribution in [0.5, 0.6) is 0 Å². The minimum atomic E-state index is -0.308. The number of carbonyl (C=O) groups excluding carboxylic acids is 1. The first-order chi connectivity index (χ1) is 14.9. The number of amides is 1. The van der Waals surface area contributed by atoms with Crippen molar-refractivity contribution >= 4 is 40.5 Å². The third kappa shape index (κ3) is 4.88. The van der Waals surface area contributed by atoms with Crippen LogP contribution in [0.1, 0.15) is 57.1 Å². The van der Waals surface area contributed by atoms with Gasteiger partial charge in [-0.3, -0.25) is 9.80 Å². The van der Waals surface area contributed by atoms with Crippen LogP contribution in [0.4, 0.5) is 10.1 Å². The number of hydrogen-bond donors (Lipinski definition) is 1. The fourth-order valence-electron chi connectivity index (χ4n) is 4.53. The van der Waals surface area contributed by atoms with E-state index in [0.717, 1.165) is 31.2 Å². The van der Waals surface area contributed by atoms with Crippen molar-refractivity contribution in [2.24, 2.45) is 11.0 Å². The van der Waals surface area contributed by atoms with Crippen molar-refractivity contribution in [2.75, 3.05) is 5.01 Å². The molecule has 2 aliphatic rings. The van der Waals surface area contributed by atoms with Crippen LogP contribution in [-0.2, 0) is 4.79 Å². The molecule has 2 aromatic rings. The molecule has 0 aromatic heterocycles. The van der Waals surface area contributed by atoms with Crippen LogP contribution >= 0.6 is 23.2 Å². The van der Waals surface area contributed by atoms with Crippen LogP contribution in [0.2, 0.25) is 10.0 Å². The summed E-state index contributed by atoms with van der Waals surface area (Å²) >= 11 is 12.6. The number of hydrazone groups is 1. The maximum atomic E-state index is 13.6. The zero-order valence-electron chi connectivity index (χ0n) is 17.5. The second-order valence-electron chi connectivity index (χ2n) is 8.37. The first-order valence-electron chi connectivity index (χ1n) is 10.8. The van der Waals surface area contributed by atoms with Crippen LogP contribution in [-0.4, -0.2) is 17.7 Å². The number of benzene rings is 2. The summed E-state index contributed by atoms with van der Waals surface area (Å²) in [7, 11) is 0. The van der Waals surface area contributed by atoms with Crippen molar-refractivity contribution in [1.82, 2.24) is 5.32 Å². The molecular formula is C24H26Cl2FN3O. The highest BCUT2D eigenvalue weighted by Gasteiger charge is 2.40. The number of halogens is 3. The van der Waals surface area contributed by atoms with E-state index >= 15 is 0 Å². The van der Waals surface area contributed by atoms with Gasteiger partial charge in [0.25, 0.3) is 5.91 Å². The first kappa shape index (κ1) is 22.1. The lowest BCUT2D eigenvalue weighted by molar-refractivity contribution is -0.115. The van der Waals surface area contributed by atoms with Gasteiger partial charge in [0.05, 0.1) is 16.8 Å². The highest BCUT2D eigenvalue weighted by molar-refractivity contribution is 6.41. The maximum absolute atomic E-state index is 13.6. The molecule has 31 heavy (non-hydrogen) atoms. The van der Waals surface area contributed by atoms with Gasteiger partial charge in [-0.1, -0.05) is 67.9 Å². The van der Waals surface area contributed by atoms with Crippen LogP contribution in [0, 0.1) is 11.7 Å². The number of nitrogens with zero attached hydrogens (tertiary/aromatic N) is 2. The zero-order chi connectivity index (χ0) is 22.0. The molecule has 0 bridgehead atoms. The Hall–Kier alpha value is -2.11. The third-order valence-electron chi connectivity index (χ3n) is 6.17. The fourth-order valence-corrected chi connectivity index (χ4v) is 5.02. The van der Waals surface area contributed by atoms with Gasteiger partial charge in [0.1, 0.15) is 11.5 Å². The van der Waals surface area contributed by atoms with Gasteiger partial charge in [-0.2, -0.15) is 5.10 Å². The standard InChI is InChI=1S/C24H26Cl2FN3O/c1-15-22(24(31)28-19-6-4-2-3-5-7-19)29-30(21-13-10-17(25)14-20(21)26)23(15)16-8-11-18(27)12-9-16/h8-15,19,23H,2-7H2,1H3,(H,28,31)/t15-,23?/m0/s1. The highest BCUT2D eigenvalue weighted by Crippen LogP contribution is 2.42. The van der Waals surface area contributed by atoms with Crippen molar-refractivity contribution in [3.63, 3.8) is 0 Å². The monoisotopic (exact) mass is 461 g/mol. The van der Waals surface area contributed by atoms with Crippen molar-refractivity contribution < 1.29 is 9.18 Å². The summed E-state index contributed by atoms with van der Waals surface area (Å²) in [5.74, 6) is -0.653. The highest BCUT2D eigenvalue weighted by atomic mass is 35.5. The van der Waals surface area contributed by atoms with Gasteiger partial charge in [0.2, 0.25) is 0 Å². The van der Waals surface area contributed by atoms with Crippen LogP contribution in [0.3, 0.4) is 0 Å². The molecular weight excluding hydrogens is 436 g/mol. The first-order valence-corrected chi connectivity index (χ1v) is 11.6. The van der Waals surface area contributed by atoms with Gasteiger partial charge >= 0.3 is 0 Å². The predicted octanol–water partition coefficient (Wildman–Crippen LogP) is 6.52. The minimum Gasteiger partial charge on any atom is -0.348 e. The van der Waals surface area contributed by atoms with Crippen molar-refractivity contribution in [3.8, 4) is 0 Å². The molecule has 2 aromatic carbocycles. The Bertz CT molecular complexity index is 971. The molecule has 1 aliphatic carbocycles. The number of anilines is 1. The van der Waals surface area contributed by atoms with E-state index in [0.29, 0.717) is 21.4 Å². The third-order valence-corrected chi connectivity index (χ3v) is 6.71. The fraction of sp³-hybridized carbons (Fsp3) is 0.417. The van der Waals surface area contributed by atoms with Gasteiger partial charge in [-0.15, -0.1) is 0 Å². The Balaban J connectivity index is 1.66. The molecule has 1 fully saturated rings. The van der Waals surface area contributed by atoms with Crippen LogP contribution in [0.25, 0.3) is 0 Å². The molecule has 4 rings (SSSR count). The number of hydrogen-bond acceptors (Lipinski definition) is 3. The molecule has 4 nitrogen and oxygen atoms in total. The quantitative estimate of drug-likeness (QED) is 0.526. The normalized spacial score (nSPS) is 22.2. The summed E-state index contributed by atoms with van der Waals surface area (Å²) in [6, 6.07) is 11.4. The lowest BCUT2D eigenvalue weighted by Gasteiger charge is -2.27. The smallest absolute Gasteiger partial charge is 0.268 e. The van der Waals surface area contributed by atoms with E-state index < -0.39 is 0 Å². The molecule has 1 amide bonds. The molecule has 2 atom stereocenters. The molecule has 7 heteroatoms. The van der Waals surface area contributed by atoms with Crippen LogP contribution < -0.4 is 10.3 Å². The van der Waals surface area contributed by atoms with Gasteiger partial charge in [-0.25, -0.2) is 4.39 Å². The zero-order valence-corrected chi connectivity index (χ0v) is 19.0. The summed E-state index contributed by atoms with van der Waals surface area (Å²) in [4.78, 5) is 13.2. The maximum Gasteiger partial charge on any atom is 0.268 e. The Kier molecular flexibility index (Phi) is 6.83. The Morgan fingerprint density at radius 1 is 1.06 bits per heavy atom. The van der Waals surface area contributed by atoms with E-state index in [2.05, 4.69) is 5.32 Å². The largest absolute Gasteiger partial charge is 0.348 e. The predicted molar refractivity (Wildman–Crippen MR) is 124 cm³/mol. The summed E-state index contributed by atoms with van der Waals surface area (Å²) < 4.78 is 13.6. The van der Waals surface area contributed by atoms with Gasteiger partial charge in [0.15, 0.2) is 0 Å². The average Bonchev–Trinajstić information content (AvgIpc) is 2.89. The molecule has 1 unspecified atom stereocenters. The average molecular weight is 462 g/mol. The van der Waals surface area contributed by atoms with Crippen molar-refractivity contribution in [2.45, 2.75) is 57.5 Å². The molecule has 0 saturated heterocycles. The molecule has 1 saturated carbocycles. The van der Waals surface area contributed by atoms with E-state index in [9.17, 15) is 9.18 Å². The second kappa shape index (κ2) is 9.58. The van der Waals surface area contributed by atoms with Crippen molar-refractivity contribution in [3.05, 3.63) is 63.9 Å². The van der Waals surface area contributed by atoms with E-state index in [-0.39, 0.29) is 29.7 Å². The summed E-state index contributed by atoms with van der Waals surface area (Å²) in [5.41, 5.74) is 1.98. The van der Waals surface area contributed by atoms with Gasteiger partial charge < -0.3 is 5.32 Å². The number of nitrogens with one attached hydrogen (secondary N) is 1. The number of carbonyl (C=O) groups is 1. The van der Waals surface area contributed by atoms with Crippen LogP contribution in [0.15, 0.2) is 47.6 Å². The molecule has 164 valence electrons. The topological polar surface area (TPSA) is 44.7 Å². The Labute approximate surface area is 192 Å². The van der Waals surface area contributed by atoms with Gasteiger partial charge in [0, 0.05) is 17.0 Å². The number of rotatable bonds is 4. The lowest BCUT2D eigenvalue weighted by Crippen LogP contribution is -2.40. The molecule has 1 heterocycles.